The van der Waals surface area contributed by atoms with Crippen LogP contribution in [0.4, 0.5) is 0 Å². The van der Waals surface area contributed by atoms with Crippen LogP contribution in [-0.4, -0.2) is 56.1 Å². The van der Waals surface area contributed by atoms with Crippen molar-refractivity contribution in [1.29, 1.82) is 0 Å². The van der Waals surface area contributed by atoms with Gasteiger partial charge in [0.25, 0.3) is 5.91 Å². The highest BCUT2D eigenvalue weighted by molar-refractivity contribution is 7.55. The molecule has 1 heterocycles. The highest BCUT2D eigenvalue weighted by Crippen LogP contribution is 2.51. The van der Waals surface area contributed by atoms with Crippen LogP contribution in [0.15, 0.2) is 0 Å². The standard InChI is InChI=1S/C10H21N2O5P/c1-3-16-18(14,17-4-2)9(11)10(13)12-5-7-15-8-6-12/h9H,3-8,11H2,1-2H3. The third kappa shape index (κ3) is 3.76. The summed E-state index contributed by atoms with van der Waals surface area (Å²) in [6, 6.07) is 0. The lowest BCUT2D eigenvalue weighted by Gasteiger charge is -2.31. The number of nitrogens with two attached hydrogens (primary N) is 1. The monoisotopic (exact) mass is 280 g/mol. The quantitative estimate of drug-likeness (QED) is 0.708. The average molecular weight is 280 g/mol. The van der Waals surface area contributed by atoms with Crippen LogP contribution < -0.4 is 5.73 Å². The van der Waals surface area contributed by atoms with Crippen LogP contribution >= 0.6 is 7.60 Å². The molecule has 0 spiro atoms. The van der Waals surface area contributed by atoms with Crippen molar-refractivity contribution in [3.8, 4) is 0 Å². The second kappa shape index (κ2) is 7.21. The third-order valence-corrected chi connectivity index (χ3v) is 4.67. The van der Waals surface area contributed by atoms with Gasteiger partial charge in [-0.15, -0.1) is 0 Å². The van der Waals surface area contributed by atoms with E-state index in [0.717, 1.165) is 0 Å². The van der Waals surface area contributed by atoms with Gasteiger partial charge in [-0.3, -0.25) is 9.36 Å². The number of nitrogens with zero attached hydrogens (tertiary/aromatic N) is 1. The van der Waals surface area contributed by atoms with Crippen LogP contribution in [0.2, 0.25) is 0 Å². The molecule has 1 aliphatic heterocycles. The van der Waals surface area contributed by atoms with E-state index < -0.39 is 19.3 Å². The Labute approximate surface area is 107 Å². The summed E-state index contributed by atoms with van der Waals surface area (Å²) in [4.78, 5) is 13.6. The summed E-state index contributed by atoms with van der Waals surface area (Å²) in [5, 5.41) is 0. The summed E-state index contributed by atoms with van der Waals surface area (Å²) < 4.78 is 27.6. The second-order valence-electron chi connectivity index (χ2n) is 3.76. The van der Waals surface area contributed by atoms with Gasteiger partial charge in [-0.2, -0.15) is 0 Å². The molecule has 0 radical (unpaired) electrons. The summed E-state index contributed by atoms with van der Waals surface area (Å²) in [6.45, 7) is 5.55. The minimum absolute atomic E-state index is 0.182. The van der Waals surface area contributed by atoms with Gasteiger partial charge in [0.05, 0.1) is 26.4 Å². The first-order valence-corrected chi connectivity index (χ1v) is 7.67. The Morgan fingerprint density at radius 2 is 1.83 bits per heavy atom. The van der Waals surface area contributed by atoms with Crippen LogP contribution in [-0.2, 0) is 23.1 Å². The van der Waals surface area contributed by atoms with Crippen molar-refractivity contribution in [2.24, 2.45) is 5.73 Å². The van der Waals surface area contributed by atoms with Gasteiger partial charge in [-0.25, -0.2) is 0 Å². The van der Waals surface area contributed by atoms with Crippen molar-refractivity contribution in [3.05, 3.63) is 0 Å². The summed E-state index contributed by atoms with van der Waals surface area (Å²) in [5.41, 5.74) is 5.75. The molecular formula is C10H21N2O5P. The van der Waals surface area contributed by atoms with Gasteiger partial charge in [0, 0.05) is 13.1 Å². The average Bonchev–Trinajstić information content (AvgIpc) is 2.38. The Balaban J connectivity index is 2.72. The number of hydrogen-bond donors (Lipinski definition) is 1. The van der Waals surface area contributed by atoms with E-state index in [9.17, 15) is 9.36 Å². The van der Waals surface area contributed by atoms with E-state index in [2.05, 4.69) is 0 Å². The van der Waals surface area contributed by atoms with Gasteiger partial charge in [0.15, 0.2) is 5.78 Å². The van der Waals surface area contributed by atoms with E-state index >= 15 is 0 Å². The first-order valence-electron chi connectivity index (χ1n) is 6.06. The third-order valence-electron chi connectivity index (χ3n) is 2.53. The van der Waals surface area contributed by atoms with Gasteiger partial charge in [-0.05, 0) is 13.8 Å². The van der Waals surface area contributed by atoms with E-state index in [-0.39, 0.29) is 13.2 Å². The molecule has 0 bridgehead atoms. The smallest absolute Gasteiger partial charge is 0.356 e. The molecule has 2 N–H and O–H groups in total. The maximum Gasteiger partial charge on any atom is 0.356 e. The number of hydrogen-bond acceptors (Lipinski definition) is 6. The minimum Gasteiger partial charge on any atom is -0.378 e. The number of amides is 1. The molecule has 1 saturated heterocycles. The van der Waals surface area contributed by atoms with Crippen molar-refractivity contribution < 1.29 is 23.1 Å². The molecule has 0 aromatic heterocycles. The lowest BCUT2D eigenvalue weighted by molar-refractivity contribution is -0.135. The molecule has 1 rings (SSSR count). The zero-order valence-electron chi connectivity index (χ0n) is 10.8. The van der Waals surface area contributed by atoms with E-state index in [1.807, 2.05) is 0 Å². The minimum atomic E-state index is -3.59. The number of rotatable bonds is 6. The number of ether oxygens (including phenoxy) is 1. The fourth-order valence-corrected chi connectivity index (χ4v) is 3.21. The Morgan fingerprint density at radius 1 is 1.33 bits per heavy atom. The van der Waals surface area contributed by atoms with Crippen molar-refractivity contribution in [3.63, 3.8) is 0 Å². The van der Waals surface area contributed by atoms with Crippen LogP contribution in [0, 0.1) is 0 Å². The molecule has 0 saturated carbocycles. The van der Waals surface area contributed by atoms with E-state index in [1.165, 1.54) is 4.90 Å². The fraction of sp³-hybridized carbons (Fsp3) is 0.900. The molecule has 8 heteroatoms. The lowest BCUT2D eigenvalue weighted by Crippen LogP contribution is -2.48. The Morgan fingerprint density at radius 3 is 2.28 bits per heavy atom. The van der Waals surface area contributed by atoms with Gasteiger partial charge in [0.1, 0.15) is 0 Å². The van der Waals surface area contributed by atoms with Crippen molar-refractivity contribution in [2.45, 2.75) is 19.6 Å². The molecule has 1 unspecified atom stereocenters. The van der Waals surface area contributed by atoms with Crippen molar-refractivity contribution in [2.75, 3.05) is 39.5 Å². The zero-order valence-corrected chi connectivity index (χ0v) is 11.7. The number of morpholine rings is 1. The summed E-state index contributed by atoms with van der Waals surface area (Å²) in [7, 11) is -3.59. The van der Waals surface area contributed by atoms with E-state index in [0.29, 0.717) is 26.3 Å². The lowest BCUT2D eigenvalue weighted by atomic mass is 10.4. The zero-order chi connectivity index (χ0) is 13.6. The molecule has 1 amide bonds. The molecule has 1 aliphatic rings. The second-order valence-corrected chi connectivity index (χ2v) is 5.91. The van der Waals surface area contributed by atoms with Crippen LogP contribution in [0.25, 0.3) is 0 Å². The molecule has 106 valence electrons. The number of carbonyl (C=O) groups excluding carboxylic acids is 1. The predicted octanol–water partition coefficient (Wildman–Crippen LogP) is 0.396. The Bertz CT molecular complexity index is 309. The van der Waals surface area contributed by atoms with E-state index in [1.54, 1.807) is 13.8 Å². The molecule has 1 atom stereocenters. The van der Waals surface area contributed by atoms with Gasteiger partial charge in [-0.1, -0.05) is 0 Å². The van der Waals surface area contributed by atoms with Gasteiger partial charge in [0.2, 0.25) is 0 Å². The molecule has 1 fully saturated rings. The van der Waals surface area contributed by atoms with Crippen LogP contribution in [0.3, 0.4) is 0 Å². The van der Waals surface area contributed by atoms with Crippen LogP contribution in [0.1, 0.15) is 13.8 Å². The SMILES string of the molecule is CCOP(=O)(OCC)C(N)C(=O)N1CCOCC1. The summed E-state index contributed by atoms with van der Waals surface area (Å²) in [5.74, 6) is -1.68. The molecule has 18 heavy (non-hydrogen) atoms. The van der Waals surface area contributed by atoms with Crippen LogP contribution in [0.5, 0.6) is 0 Å². The summed E-state index contributed by atoms with van der Waals surface area (Å²) in [6.07, 6.45) is 0. The molecular weight excluding hydrogens is 259 g/mol. The first-order chi connectivity index (χ1) is 8.55. The Kier molecular flexibility index (Phi) is 6.25. The molecule has 0 aliphatic carbocycles. The molecule has 0 aromatic carbocycles. The normalized spacial score (nSPS) is 18.7. The maximum absolute atomic E-state index is 12.3. The largest absolute Gasteiger partial charge is 0.378 e. The molecule has 0 aromatic rings. The highest BCUT2D eigenvalue weighted by atomic mass is 31.2. The first kappa shape index (κ1) is 15.6. The Hall–Kier alpha value is -0.460. The maximum atomic E-state index is 12.3. The predicted molar refractivity (Wildman–Crippen MR) is 66.2 cm³/mol. The fourth-order valence-electron chi connectivity index (χ4n) is 1.66. The highest BCUT2D eigenvalue weighted by Gasteiger charge is 2.40. The van der Waals surface area contributed by atoms with Crippen molar-refractivity contribution >= 4 is 13.5 Å². The topological polar surface area (TPSA) is 91.1 Å². The summed E-state index contributed by atoms with van der Waals surface area (Å²) >= 11 is 0. The van der Waals surface area contributed by atoms with E-state index in [4.69, 9.17) is 19.5 Å². The number of carbonyl (C=O) groups is 1. The molecule has 7 nitrogen and oxygen atoms in total. The van der Waals surface area contributed by atoms with Gasteiger partial charge < -0.3 is 24.4 Å². The van der Waals surface area contributed by atoms with Crippen molar-refractivity contribution in [1.82, 2.24) is 4.90 Å². The van der Waals surface area contributed by atoms with Gasteiger partial charge >= 0.3 is 7.60 Å².